The standard InChI is InChI=1S/C28H60O8Si/c1-13-17-21-29-25(5,6)33-37(34-26(7,8)30-22-18-14-2,35-27(9,10)31-23-19-15-3)36-28(11,12)32-24-20-16-4/h13-24H2,1-12H3. The molecule has 0 saturated heterocycles. The molecule has 0 aliphatic heterocycles. The van der Waals surface area contributed by atoms with Crippen LogP contribution in [0.25, 0.3) is 0 Å². The summed E-state index contributed by atoms with van der Waals surface area (Å²) in [4.78, 5) is 0. The minimum atomic E-state index is -4.08. The zero-order valence-corrected chi connectivity index (χ0v) is 27.3. The van der Waals surface area contributed by atoms with Gasteiger partial charge in [0.25, 0.3) is 0 Å². The molecule has 0 N–H and O–H groups in total. The topological polar surface area (TPSA) is 73.8 Å². The third-order valence-corrected chi connectivity index (χ3v) is 8.24. The molecule has 224 valence electrons. The molecule has 0 amide bonds. The molecule has 0 aliphatic carbocycles. The molecule has 0 fully saturated rings. The van der Waals surface area contributed by atoms with Crippen LogP contribution in [0.4, 0.5) is 0 Å². The van der Waals surface area contributed by atoms with Crippen molar-refractivity contribution in [2.75, 3.05) is 26.4 Å². The van der Waals surface area contributed by atoms with E-state index in [1.165, 1.54) is 0 Å². The number of hydrogen-bond acceptors (Lipinski definition) is 8. The van der Waals surface area contributed by atoms with Gasteiger partial charge in [-0.15, -0.1) is 0 Å². The van der Waals surface area contributed by atoms with E-state index >= 15 is 0 Å². The summed E-state index contributed by atoms with van der Waals surface area (Å²) < 4.78 is 50.9. The molecule has 0 saturated carbocycles. The van der Waals surface area contributed by atoms with Crippen LogP contribution in [0.5, 0.6) is 0 Å². The normalized spacial score (nSPS) is 13.9. The minimum Gasteiger partial charge on any atom is -0.351 e. The lowest BCUT2D eigenvalue weighted by Crippen LogP contribution is -2.64. The lowest BCUT2D eigenvalue weighted by Gasteiger charge is -2.45. The van der Waals surface area contributed by atoms with Gasteiger partial charge in [-0.1, -0.05) is 53.4 Å². The van der Waals surface area contributed by atoms with E-state index in [-0.39, 0.29) is 0 Å². The summed E-state index contributed by atoms with van der Waals surface area (Å²) in [5, 5.41) is 0. The molecule has 0 bridgehead atoms. The number of unbranched alkanes of at least 4 members (excludes halogenated alkanes) is 4. The van der Waals surface area contributed by atoms with Gasteiger partial charge in [-0.25, -0.2) is 0 Å². The lowest BCUT2D eigenvalue weighted by atomic mass is 10.3. The van der Waals surface area contributed by atoms with Crippen LogP contribution >= 0.6 is 0 Å². The molecule has 0 heterocycles. The second-order valence-corrected chi connectivity index (χ2v) is 13.1. The van der Waals surface area contributed by atoms with Crippen molar-refractivity contribution in [3.05, 3.63) is 0 Å². The Balaban J connectivity index is 6.34. The van der Waals surface area contributed by atoms with Crippen molar-refractivity contribution >= 4 is 9.05 Å². The summed E-state index contributed by atoms with van der Waals surface area (Å²) >= 11 is 0. The van der Waals surface area contributed by atoms with Gasteiger partial charge in [0, 0.05) is 26.4 Å². The van der Waals surface area contributed by atoms with E-state index in [0.29, 0.717) is 26.4 Å². The predicted molar refractivity (Wildman–Crippen MR) is 150 cm³/mol. The van der Waals surface area contributed by atoms with Crippen molar-refractivity contribution in [3.8, 4) is 0 Å². The van der Waals surface area contributed by atoms with Gasteiger partial charge in [0.15, 0.2) is 23.1 Å². The number of ether oxygens (including phenoxy) is 4. The minimum absolute atomic E-state index is 0.539. The van der Waals surface area contributed by atoms with Gasteiger partial charge in [-0.3, -0.25) is 0 Å². The van der Waals surface area contributed by atoms with E-state index < -0.39 is 32.2 Å². The van der Waals surface area contributed by atoms with Crippen LogP contribution < -0.4 is 0 Å². The maximum Gasteiger partial charge on any atom is 0.688 e. The molecule has 0 aromatic heterocycles. The van der Waals surface area contributed by atoms with E-state index in [9.17, 15) is 0 Å². The zero-order valence-electron chi connectivity index (χ0n) is 26.3. The summed E-state index contributed by atoms with van der Waals surface area (Å²) in [6.07, 6.45) is 7.68. The molecule has 9 heteroatoms. The summed E-state index contributed by atoms with van der Waals surface area (Å²) in [5.74, 6) is -4.22. The summed E-state index contributed by atoms with van der Waals surface area (Å²) in [5.41, 5.74) is 0. The molecule has 0 unspecified atom stereocenters. The molecule has 37 heavy (non-hydrogen) atoms. The van der Waals surface area contributed by atoms with Crippen LogP contribution in [-0.2, 0) is 36.7 Å². The fourth-order valence-corrected chi connectivity index (χ4v) is 6.19. The van der Waals surface area contributed by atoms with E-state index in [2.05, 4.69) is 27.7 Å². The van der Waals surface area contributed by atoms with Crippen molar-refractivity contribution in [3.63, 3.8) is 0 Å². The van der Waals surface area contributed by atoms with Gasteiger partial charge in [0.1, 0.15) is 0 Å². The lowest BCUT2D eigenvalue weighted by molar-refractivity contribution is -0.310. The van der Waals surface area contributed by atoms with Crippen LogP contribution in [0.15, 0.2) is 0 Å². The molecular formula is C28H60O8Si. The molecule has 0 rings (SSSR count). The number of rotatable bonds is 24. The maximum atomic E-state index is 6.61. The van der Waals surface area contributed by atoms with E-state index in [1.54, 1.807) is 0 Å². The van der Waals surface area contributed by atoms with Crippen LogP contribution in [0.3, 0.4) is 0 Å². The van der Waals surface area contributed by atoms with Gasteiger partial charge in [-0.05, 0) is 81.1 Å². The molecule has 0 aromatic rings. The average molecular weight is 553 g/mol. The Morgan fingerprint density at radius 1 is 0.378 bits per heavy atom. The van der Waals surface area contributed by atoms with E-state index in [4.69, 9.17) is 36.7 Å². The van der Waals surface area contributed by atoms with Gasteiger partial charge >= 0.3 is 9.05 Å². The molecule has 0 atom stereocenters. The third kappa shape index (κ3) is 18.0. The highest BCUT2D eigenvalue weighted by atomic mass is 28.4. The Kier molecular flexibility index (Phi) is 17.5. The van der Waals surface area contributed by atoms with Crippen molar-refractivity contribution in [2.24, 2.45) is 0 Å². The highest BCUT2D eigenvalue weighted by Gasteiger charge is 2.60. The van der Waals surface area contributed by atoms with Crippen molar-refractivity contribution in [1.82, 2.24) is 0 Å². The summed E-state index contributed by atoms with van der Waals surface area (Å²) in [6.45, 7) is 25.4. The molecular weight excluding hydrogens is 492 g/mol. The summed E-state index contributed by atoms with van der Waals surface area (Å²) in [6, 6.07) is 0. The Bertz CT molecular complexity index is 479. The quantitative estimate of drug-likeness (QED) is 0.0685. The Hall–Kier alpha value is -0.103. The molecule has 0 radical (unpaired) electrons. The molecule has 0 aliphatic rings. The molecule has 0 spiro atoms. The summed E-state index contributed by atoms with van der Waals surface area (Å²) in [7, 11) is -4.08. The first-order chi connectivity index (χ1) is 17.1. The van der Waals surface area contributed by atoms with Crippen LogP contribution in [-0.4, -0.2) is 58.6 Å². The van der Waals surface area contributed by atoms with Gasteiger partial charge in [-0.2, -0.15) is 0 Å². The highest BCUT2D eigenvalue weighted by Crippen LogP contribution is 2.35. The van der Waals surface area contributed by atoms with Crippen LogP contribution in [0, 0.1) is 0 Å². The molecule has 0 aromatic carbocycles. The Morgan fingerprint density at radius 3 is 0.730 bits per heavy atom. The van der Waals surface area contributed by atoms with Crippen LogP contribution in [0.1, 0.15) is 134 Å². The van der Waals surface area contributed by atoms with Gasteiger partial charge in [0.2, 0.25) is 0 Å². The van der Waals surface area contributed by atoms with Crippen LogP contribution in [0.2, 0.25) is 0 Å². The van der Waals surface area contributed by atoms with Crippen molar-refractivity contribution in [2.45, 2.75) is 158 Å². The second kappa shape index (κ2) is 17.6. The van der Waals surface area contributed by atoms with Gasteiger partial charge in [0.05, 0.1) is 0 Å². The average Bonchev–Trinajstić information content (AvgIpc) is 2.72. The van der Waals surface area contributed by atoms with Crippen molar-refractivity contribution < 1.29 is 36.7 Å². The number of hydrogen-bond donors (Lipinski definition) is 0. The fourth-order valence-electron chi connectivity index (χ4n) is 3.30. The molecule has 8 nitrogen and oxygen atoms in total. The largest absolute Gasteiger partial charge is 0.688 e. The monoisotopic (exact) mass is 552 g/mol. The Morgan fingerprint density at radius 2 is 0.568 bits per heavy atom. The van der Waals surface area contributed by atoms with E-state index in [0.717, 1.165) is 51.4 Å². The first-order valence-corrected chi connectivity index (χ1v) is 16.1. The van der Waals surface area contributed by atoms with Gasteiger partial charge < -0.3 is 36.7 Å². The second-order valence-electron chi connectivity index (χ2n) is 11.3. The zero-order chi connectivity index (χ0) is 28.6. The van der Waals surface area contributed by atoms with Crippen molar-refractivity contribution in [1.29, 1.82) is 0 Å². The SMILES string of the molecule is CCCCOC(C)(C)O[Si](OC(C)(C)OCCCC)(OC(C)(C)OCCCC)OC(C)(C)OCCCC. The van der Waals surface area contributed by atoms with E-state index in [1.807, 2.05) is 55.4 Å². The maximum absolute atomic E-state index is 6.61. The first kappa shape index (κ1) is 36.9. The smallest absolute Gasteiger partial charge is 0.351 e. The first-order valence-electron chi connectivity index (χ1n) is 14.4. The highest BCUT2D eigenvalue weighted by molar-refractivity contribution is 6.54. The third-order valence-electron chi connectivity index (χ3n) is 5.27. The Labute approximate surface area is 229 Å². The predicted octanol–water partition coefficient (Wildman–Crippen LogP) is 7.70. The fraction of sp³-hybridized carbons (Fsp3) is 1.00.